The zero-order chi connectivity index (χ0) is 13.9. The molecule has 0 aliphatic heterocycles. The second-order valence-corrected chi connectivity index (χ2v) is 6.90. The fourth-order valence-electron chi connectivity index (χ4n) is 3.76. The van der Waals surface area contributed by atoms with Crippen LogP contribution >= 0.6 is 11.6 Å². The van der Waals surface area contributed by atoms with Crippen molar-refractivity contribution in [1.29, 1.82) is 0 Å². The van der Waals surface area contributed by atoms with Gasteiger partial charge < -0.3 is 10.4 Å². The van der Waals surface area contributed by atoms with E-state index in [1.165, 1.54) is 37.7 Å². The molecule has 1 aromatic rings. The third kappa shape index (κ3) is 3.19. The van der Waals surface area contributed by atoms with Crippen LogP contribution in [0.3, 0.4) is 0 Å². The van der Waals surface area contributed by atoms with E-state index in [0.29, 0.717) is 30.4 Å². The molecule has 2 nitrogen and oxygen atoms in total. The maximum absolute atomic E-state index is 9.35. The van der Waals surface area contributed by atoms with Gasteiger partial charge in [-0.1, -0.05) is 30.2 Å². The Morgan fingerprint density at radius 3 is 2.75 bits per heavy atom. The molecule has 0 heterocycles. The maximum Gasteiger partial charge on any atom is 0.0462 e. The summed E-state index contributed by atoms with van der Waals surface area (Å²) >= 11 is 6.05. The van der Waals surface area contributed by atoms with Crippen LogP contribution in [0.2, 0.25) is 5.02 Å². The van der Waals surface area contributed by atoms with Gasteiger partial charge in [0, 0.05) is 17.7 Å². The molecule has 0 spiro atoms. The number of halogens is 1. The van der Waals surface area contributed by atoms with Gasteiger partial charge in [-0.2, -0.15) is 0 Å². The van der Waals surface area contributed by atoms with Gasteiger partial charge in [-0.05, 0) is 67.7 Å². The van der Waals surface area contributed by atoms with E-state index in [1.54, 1.807) is 0 Å². The van der Waals surface area contributed by atoms with Gasteiger partial charge in [0.15, 0.2) is 0 Å². The number of rotatable bonds is 5. The molecule has 2 aliphatic rings. The number of hydrogen-bond acceptors (Lipinski definition) is 2. The van der Waals surface area contributed by atoms with Crippen molar-refractivity contribution in [2.24, 2.45) is 11.8 Å². The molecule has 20 heavy (non-hydrogen) atoms. The van der Waals surface area contributed by atoms with Crippen LogP contribution in [0.4, 0.5) is 0 Å². The largest absolute Gasteiger partial charge is 0.396 e. The molecule has 110 valence electrons. The van der Waals surface area contributed by atoms with Crippen molar-refractivity contribution in [3.8, 4) is 0 Å². The van der Waals surface area contributed by atoms with Crippen LogP contribution < -0.4 is 5.32 Å². The Hall–Kier alpha value is -0.570. The fraction of sp³-hybridized carbons (Fsp3) is 0.647. The summed E-state index contributed by atoms with van der Waals surface area (Å²) < 4.78 is 0. The highest BCUT2D eigenvalue weighted by molar-refractivity contribution is 6.30. The molecule has 2 unspecified atom stereocenters. The molecule has 3 heteroatoms. The molecule has 2 saturated carbocycles. The monoisotopic (exact) mass is 293 g/mol. The third-order valence-electron chi connectivity index (χ3n) is 5.18. The van der Waals surface area contributed by atoms with Crippen LogP contribution in [0.1, 0.15) is 43.6 Å². The minimum Gasteiger partial charge on any atom is -0.396 e. The van der Waals surface area contributed by atoms with Gasteiger partial charge in [-0.15, -0.1) is 0 Å². The zero-order valence-electron chi connectivity index (χ0n) is 11.9. The Bertz CT molecular complexity index is 444. The van der Waals surface area contributed by atoms with E-state index < -0.39 is 0 Å². The summed E-state index contributed by atoms with van der Waals surface area (Å²) in [6.45, 7) is 1.44. The number of benzene rings is 1. The number of aliphatic hydroxyl groups excluding tert-OH is 1. The van der Waals surface area contributed by atoms with E-state index in [2.05, 4.69) is 17.4 Å². The van der Waals surface area contributed by atoms with Crippen LogP contribution in [0.15, 0.2) is 24.3 Å². The third-order valence-corrected chi connectivity index (χ3v) is 5.41. The molecular weight excluding hydrogens is 270 g/mol. The Morgan fingerprint density at radius 1 is 1.20 bits per heavy atom. The minimum absolute atomic E-state index is 0.363. The Labute approximate surface area is 126 Å². The number of hydrogen-bond donors (Lipinski definition) is 2. The van der Waals surface area contributed by atoms with Gasteiger partial charge in [0.05, 0.1) is 0 Å². The Balaban J connectivity index is 1.42. The van der Waals surface area contributed by atoms with Crippen molar-refractivity contribution in [2.45, 2.75) is 44.1 Å². The van der Waals surface area contributed by atoms with E-state index in [-0.39, 0.29) is 0 Å². The smallest absolute Gasteiger partial charge is 0.0462 e. The summed E-state index contributed by atoms with van der Waals surface area (Å²) in [6.07, 6.45) is 6.21. The van der Waals surface area contributed by atoms with Crippen molar-refractivity contribution < 1.29 is 5.11 Å². The minimum atomic E-state index is 0.363. The first-order valence-corrected chi connectivity index (χ1v) is 8.23. The fourth-order valence-corrected chi connectivity index (χ4v) is 3.96. The molecule has 0 amide bonds. The quantitative estimate of drug-likeness (QED) is 0.870. The van der Waals surface area contributed by atoms with Gasteiger partial charge in [-0.3, -0.25) is 0 Å². The molecule has 2 fully saturated rings. The summed E-state index contributed by atoms with van der Waals surface area (Å²) in [5.41, 5.74) is 1.38. The van der Waals surface area contributed by atoms with Crippen molar-refractivity contribution >= 4 is 11.6 Å². The topological polar surface area (TPSA) is 32.3 Å². The van der Waals surface area contributed by atoms with Crippen LogP contribution in [0.5, 0.6) is 0 Å². The Morgan fingerprint density at radius 2 is 2.00 bits per heavy atom. The van der Waals surface area contributed by atoms with Crippen molar-refractivity contribution in [3.05, 3.63) is 34.9 Å². The lowest BCUT2D eigenvalue weighted by Gasteiger charge is -2.37. The van der Waals surface area contributed by atoms with Crippen LogP contribution in [-0.4, -0.2) is 24.3 Å². The highest BCUT2D eigenvalue weighted by Gasteiger charge is 2.32. The predicted molar refractivity (Wildman–Crippen MR) is 83.1 cm³/mol. The van der Waals surface area contributed by atoms with Crippen LogP contribution in [-0.2, 0) is 0 Å². The lowest BCUT2D eigenvalue weighted by atomic mass is 9.75. The summed E-state index contributed by atoms with van der Waals surface area (Å²) in [5, 5.41) is 13.9. The molecule has 0 radical (unpaired) electrons. The second-order valence-electron chi connectivity index (χ2n) is 6.46. The molecule has 1 aromatic carbocycles. The SMILES string of the molecule is OCC1CCCC1CNC1CC(c2cccc(Cl)c2)C1. The van der Waals surface area contributed by atoms with Gasteiger partial charge in [0.25, 0.3) is 0 Å². The standard InChI is InChI=1S/C17H24ClNO/c18-16-6-2-3-12(7-16)15-8-17(9-15)19-10-13-4-1-5-14(13)11-20/h2-3,6-7,13-15,17,19-20H,1,4-5,8-11H2. The van der Waals surface area contributed by atoms with E-state index in [9.17, 15) is 5.11 Å². The molecule has 2 atom stereocenters. The highest BCUT2D eigenvalue weighted by Crippen LogP contribution is 2.38. The molecule has 2 aliphatic carbocycles. The van der Waals surface area contributed by atoms with Crippen molar-refractivity contribution in [2.75, 3.05) is 13.2 Å². The normalized spacial score (nSPS) is 33.1. The molecular formula is C17H24ClNO. The lowest BCUT2D eigenvalue weighted by molar-refractivity contribution is 0.182. The first-order chi connectivity index (χ1) is 9.76. The van der Waals surface area contributed by atoms with Crippen molar-refractivity contribution in [1.82, 2.24) is 5.32 Å². The van der Waals surface area contributed by atoms with Crippen molar-refractivity contribution in [3.63, 3.8) is 0 Å². The average Bonchev–Trinajstić information content (AvgIpc) is 2.84. The lowest BCUT2D eigenvalue weighted by Crippen LogP contribution is -2.42. The van der Waals surface area contributed by atoms with Gasteiger partial charge in [0.1, 0.15) is 0 Å². The van der Waals surface area contributed by atoms with Crippen LogP contribution in [0.25, 0.3) is 0 Å². The average molecular weight is 294 g/mol. The maximum atomic E-state index is 9.35. The first kappa shape index (κ1) is 14.4. The molecule has 3 rings (SSSR count). The zero-order valence-corrected chi connectivity index (χ0v) is 12.6. The van der Waals surface area contributed by atoms with E-state index >= 15 is 0 Å². The van der Waals surface area contributed by atoms with E-state index in [4.69, 9.17) is 11.6 Å². The summed E-state index contributed by atoms with van der Waals surface area (Å²) in [6, 6.07) is 8.92. The molecule has 2 N–H and O–H groups in total. The molecule has 0 bridgehead atoms. The first-order valence-electron chi connectivity index (χ1n) is 7.86. The van der Waals surface area contributed by atoms with E-state index in [0.717, 1.165) is 11.6 Å². The summed E-state index contributed by atoms with van der Waals surface area (Å²) in [4.78, 5) is 0. The highest BCUT2D eigenvalue weighted by atomic mass is 35.5. The number of aliphatic hydroxyl groups is 1. The number of nitrogens with one attached hydrogen (secondary N) is 1. The summed E-state index contributed by atoms with van der Waals surface area (Å²) in [5.74, 6) is 1.89. The van der Waals surface area contributed by atoms with Gasteiger partial charge in [-0.25, -0.2) is 0 Å². The van der Waals surface area contributed by atoms with E-state index in [1.807, 2.05) is 12.1 Å². The second kappa shape index (κ2) is 6.46. The van der Waals surface area contributed by atoms with Gasteiger partial charge >= 0.3 is 0 Å². The molecule has 0 saturated heterocycles. The summed E-state index contributed by atoms with van der Waals surface area (Å²) in [7, 11) is 0. The Kier molecular flexibility index (Phi) is 4.65. The molecule has 0 aromatic heterocycles. The predicted octanol–water partition coefficient (Wildman–Crippen LogP) is 3.58. The van der Waals surface area contributed by atoms with Gasteiger partial charge in [0.2, 0.25) is 0 Å². The van der Waals surface area contributed by atoms with Crippen LogP contribution in [0, 0.1) is 11.8 Å².